The quantitative estimate of drug-likeness (QED) is 0.727. The predicted molar refractivity (Wildman–Crippen MR) is 62.0 cm³/mol. The molecule has 2 aliphatic rings. The lowest BCUT2D eigenvalue weighted by atomic mass is 9.86. The van der Waals surface area contributed by atoms with Gasteiger partial charge >= 0.3 is 0 Å². The van der Waals surface area contributed by atoms with Crippen LogP contribution in [0.3, 0.4) is 0 Å². The molecule has 1 heterocycles. The van der Waals surface area contributed by atoms with Crippen molar-refractivity contribution in [3.05, 3.63) is 23.3 Å². The van der Waals surface area contributed by atoms with Gasteiger partial charge in [-0.1, -0.05) is 13.8 Å². The predicted octanol–water partition coefficient (Wildman–Crippen LogP) is 2.14. The summed E-state index contributed by atoms with van der Waals surface area (Å²) in [5.74, 6) is 1.71. The molecule has 1 aliphatic heterocycles. The van der Waals surface area contributed by atoms with Gasteiger partial charge in [0.2, 0.25) is 0 Å². The van der Waals surface area contributed by atoms with Crippen molar-refractivity contribution in [2.24, 2.45) is 5.73 Å². The van der Waals surface area contributed by atoms with Gasteiger partial charge in [-0.05, 0) is 35.1 Å². The van der Waals surface area contributed by atoms with Gasteiger partial charge in [0.05, 0.1) is 0 Å². The highest BCUT2D eigenvalue weighted by molar-refractivity contribution is 5.53. The highest BCUT2D eigenvalue weighted by Gasteiger charge is 2.36. The van der Waals surface area contributed by atoms with E-state index in [1.165, 1.54) is 11.1 Å². The van der Waals surface area contributed by atoms with Gasteiger partial charge in [-0.3, -0.25) is 0 Å². The van der Waals surface area contributed by atoms with Crippen LogP contribution in [0.2, 0.25) is 0 Å². The Morgan fingerprint density at radius 1 is 1.19 bits per heavy atom. The average molecular weight is 219 g/mol. The van der Waals surface area contributed by atoms with Crippen LogP contribution in [0.15, 0.2) is 12.1 Å². The van der Waals surface area contributed by atoms with Crippen molar-refractivity contribution in [1.82, 2.24) is 0 Å². The Morgan fingerprint density at radius 3 is 2.50 bits per heavy atom. The van der Waals surface area contributed by atoms with Crippen molar-refractivity contribution in [1.29, 1.82) is 0 Å². The zero-order chi connectivity index (χ0) is 11.3. The molecule has 0 fully saturated rings. The first-order valence-electron chi connectivity index (χ1n) is 5.77. The molecule has 0 radical (unpaired) electrons. The molecule has 0 saturated carbocycles. The molecule has 16 heavy (non-hydrogen) atoms. The van der Waals surface area contributed by atoms with Crippen LogP contribution in [-0.2, 0) is 5.41 Å². The summed E-state index contributed by atoms with van der Waals surface area (Å²) in [5, 5.41) is 0. The van der Waals surface area contributed by atoms with Crippen LogP contribution >= 0.6 is 0 Å². The SMILES string of the molecule is CC1(C)C[C@H](N)c2cc3c(cc21)OCCO3. The third-order valence-corrected chi connectivity index (χ3v) is 3.57. The Kier molecular flexibility index (Phi) is 1.96. The van der Waals surface area contributed by atoms with Gasteiger partial charge in [0.15, 0.2) is 11.5 Å². The molecular formula is C13H17NO2. The summed E-state index contributed by atoms with van der Waals surface area (Å²) in [4.78, 5) is 0. The Balaban J connectivity index is 2.16. The van der Waals surface area contributed by atoms with Crippen molar-refractivity contribution in [2.75, 3.05) is 13.2 Å². The topological polar surface area (TPSA) is 44.5 Å². The number of hydrogen-bond donors (Lipinski definition) is 1. The fourth-order valence-corrected chi connectivity index (χ4v) is 2.77. The number of ether oxygens (including phenoxy) is 2. The number of fused-ring (bicyclic) bond motifs is 2. The third kappa shape index (κ3) is 1.31. The second-order valence-electron chi connectivity index (χ2n) is 5.28. The molecule has 1 atom stereocenters. The summed E-state index contributed by atoms with van der Waals surface area (Å²) in [6, 6.07) is 4.29. The highest BCUT2D eigenvalue weighted by atomic mass is 16.6. The molecular weight excluding hydrogens is 202 g/mol. The van der Waals surface area contributed by atoms with Gasteiger partial charge in [-0.2, -0.15) is 0 Å². The lowest BCUT2D eigenvalue weighted by molar-refractivity contribution is 0.171. The van der Waals surface area contributed by atoms with E-state index in [-0.39, 0.29) is 11.5 Å². The summed E-state index contributed by atoms with van der Waals surface area (Å²) in [6.07, 6.45) is 0.991. The Bertz CT molecular complexity index is 440. The fraction of sp³-hybridized carbons (Fsp3) is 0.538. The molecule has 86 valence electrons. The first kappa shape index (κ1) is 9.97. The molecule has 3 rings (SSSR count). The Labute approximate surface area is 95.5 Å². The van der Waals surface area contributed by atoms with Gasteiger partial charge in [0, 0.05) is 6.04 Å². The molecule has 0 amide bonds. The number of hydrogen-bond acceptors (Lipinski definition) is 3. The minimum absolute atomic E-state index is 0.126. The Hall–Kier alpha value is -1.22. The van der Waals surface area contributed by atoms with Gasteiger partial charge in [0.25, 0.3) is 0 Å². The van der Waals surface area contributed by atoms with E-state index >= 15 is 0 Å². The van der Waals surface area contributed by atoms with E-state index in [1.807, 2.05) is 0 Å². The lowest BCUT2D eigenvalue weighted by Gasteiger charge is -2.23. The summed E-state index contributed by atoms with van der Waals surface area (Å²) in [5.41, 5.74) is 8.83. The molecule has 0 unspecified atom stereocenters. The van der Waals surface area contributed by atoms with Crippen molar-refractivity contribution >= 4 is 0 Å². The van der Waals surface area contributed by atoms with Crippen LogP contribution < -0.4 is 15.2 Å². The molecule has 3 nitrogen and oxygen atoms in total. The van der Waals surface area contributed by atoms with Crippen molar-refractivity contribution in [3.63, 3.8) is 0 Å². The monoisotopic (exact) mass is 219 g/mol. The molecule has 0 aromatic heterocycles. The first-order valence-corrected chi connectivity index (χ1v) is 5.77. The summed E-state index contributed by atoms with van der Waals surface area (Å²) < 4.78 is 11.2. The van der Waals surface area contributed by atoms with E-state index in [4.69, 9.17) is 15.2 Å². The normalized spacial score (nSPS) is 25.3. The van der Waals surface area contributed by atoms with E-state index in [9.17, 15) is 0 Å². The number of rotatable bonds is 0. The van der Waals surface area contributed by atoms with E-state index in [0.717, 1.165) is 17.9 Å². The smallest absolute Gasteiger partial charge is 0.161 e. The average Bonchev–Trinajstić information content (AvgIpc) is 2.47. The Morgan fingerprint density at radius 2 is 1.81 bits per heavy atom. The van der Waals surface area contributed by atoms with E-state index < -0.39 is 0 Å². The minimum atomic E-state index is 0.126. The van der Waals surface area contributed by atoms with Crippen molar-refractivity contribution in [3.8, 4) is 11.5 Å². The molecule has 2 N–H and O–H groups in total. The standard InChI is InChI=1S/C13H17NO2/c1-13(2)7-10(14)8-5-11-12(6-9(8)13)16-4-3-15-11/h5-6,10H,3-4,7,14H2,1-2H3/t10-/m0/s1. The molecule has 1 aromatic rings. The van der Waals surface area contributed by atoms with Crippen molar-refractivity contribution in [2.45, 2.75) is 31.7 Å². The third-order valence-electron chi connectivity index (χ3n) is 3.57. The second kappa shape index (κ2) is 3.14. The van der Waals surface area contributed by atoms with Crippen LogP contribution in [0.5, 0.6) is 11.5 Å². The fourth-order valence-electron chi connectivity index (χ4n) is 2.77. The van der Waals surface area contributed by atoms with Gasteiger partial charge < -0.3 is 15.2 Å². The molecule has 0 spiro atoms. The highest BCUT2D eigenvalue weighted by Crippen LogP contribution is 2.47. The lowest BCUT2D eigenvalue weighted by Crippen LogP contribution is -2.17. The van der Waals surface area contributed by atoms with Crippen LogP contribution in [0, 0.1) is 0 Å². The maximum Gasteiger partial charge on any atom is 0.161 e. The van der Waals surface area contributed by atoms with E-state index in [1.54, 1.807) is 0 Å². The number of benzene rings is 1. The van der Waals surface area contributed by atoms with Crippen LogP contribution in [0.4, 0.5) is 0 Å². The van der Waals surface area contributed by atoms with Gasteiger partial charge in [-0.25, -0.2) is 0 Å². The first-order chi connectivity index (χ1) is 7.58. The van der Waals surface area contributed by atoms with Gasteiger partial charge in [-0.15, -0.1) is 0 Å². The largest absolute Gasteiger partial charge is 0.486 e. The van der Waals surface area contributed by atoms with Crippen LogP contribution in [0.25, 0.3) is 0 Å². The molecule has 0 saturated heterocycles. The summed E-state index contributed by atoms with van der Waals surface area (Å²) in [7, 11) is 0. The summed E-state index contributed by atoms with van der Waals surface area (Å²) >= 11 is 0. The maximum atomic E-state index is 6.16. The van der Waals surface area contributed by atoms with E-state index in [0.29, 0.717) is 13.2 Å². The van der Waals surface area contributed by atoms with Crippen molar-refractivity contribution < 1.29 is 9.47 Å². The van der Waals surface area contributed by atoms with Crippen LogP contribution in [0.1, 0.15) is 37.4 Å². The zero-order valence-corrected chi connectivity index (χ0v) is 9.75. The number of nitrogens with two attached hydrogens (primary N) is 1. The van der Waals surface area contributed by atoms with E-state index in [2.05, 4.69) is 26.0 Å². The maximum absolute atomic E-state index is 6.16. The summed E-state index contributed by atoms with van der Waals surface area (Å²) in [6.45, 7) is 5.73. The molecule has 1 aliphatic carbocycles. The minimum Gasteiger partial charge on any atom is -0.486 e. The molecule has 0 bridgehead atoms. The van der Waals surface area contributed by atoms with Crippen LogP contribution in [-0.4, -0.2) is 13.2 Å². The van der Waals surface area contributed by atoms with Gasteiger partial charge in [0.1, 0.15) is 13.2 Å². The zero-order valence-electron chi connectivity index (χ0n) is 9.75. The molecule has 3 heteroatoms. The second-order valence-corrected chi connectivity index (χ2v) is 5.28. The molecule has 1 aromatic carbocycles.